The quantitative estimate of drug-likeness (QED) is 0.894. The Hall–Kier alpha value is -1.66. The molecular weight excluding hydrogens is 268 g/mol. The molecule has 2 unspecified atom stereocenters. The number of carbonyl (C=O) groups is 1. The molecule has 1 heterocycles. The molecule has 3 N–H and O–H groups in total. The van der Waals surface area contributed by atoms with E-state index in [2.05, 4.69) is 5.10 Å². The number of nitrogens with zero attached hydrogens (tertiary/aromatic N) is 2. The van der Waals surface area contributed by atoms with Crippen molar-refractivity contribution in [3.8, 4) is 0 Å². The SMILES string of the molecule is CC1C(C(=O)O)CC12CC(n1cc(N)c(C(F)F)n1)C2. The van der Waals surface area contributed by atoms with Gasteiger partial charge in [0, 0.05) is 6.20 Å². The van der Waals surface area contributed by atoms with Crippen molar-refractivity contribution in [2.75, 3.05) is 5.73 Å². The molecule has 1 aromatic heterocycles. The maximum Gasteiger partial charge on any atom is 0.306 e. The lowest BCUT2D eigenvalue weighted by Crippen LogP contribution is -2.56. The third-order valence-corrected chi connectivity index (χ3v) is 5.17. The lowest BCUT2D eigenvalue weighted by atomic mass is 9.44. The minimum absolute atomic E-state index is 0.0195. The number of rotatable bonds is 3. The fraction of sp³-hybridized carbons (Fsp3) is 0.692. The van der Waals surface area contributed by atoms with Crippen LogP contribution in [-0.2, 0) is 4.79 Å². The third-order valence-electron chi connectivity index (χ3n) is 5.17. The van der Waals surface area contributed by atoms with Crippen LogP contribution in [0.5, 0.6) is 0 Å². The van der Waals surface area contributed by atoms with Gasteiger partial charge in [0.05, 0.1) is 17.6 Å². The normalized spacial score (nSPS) is 35.9. The fourth-order valence-corrected chi connectivity index (χ4v) is 3.75. The van der Waals surface area contributed by atoms with E-state index in [-0.39, 0.29) is 34.7 Å². The van der Waals surface area contributed by atoms with E-state index in [9.17, 15) is 13.6 Å². The van der Waals surface area contributed by atoms with E-state index in [0.29, 0.717) is 6.42 Å². The van der Waals surface area contributed by atoms with Crippen LogP contribution in [0.15, 0.2) is 6.20 Å². The monoisotopic (exact) mass is 285 g/mol. The zero-order valence-corrected chi connectivity index (χ0v) is 11.1. The zero-order chi connectivity index (χ0) is 14.7. The molecule has 20 heavy (non-hydrogen) atoms. The average molecular weight is 285 g/mol. The molecule has 0 amide bonds. The van der Waals surface area contributed by atoms with Crippen molar-refractivity contribution >= 4 is 11.7 Å². The van der Waals surface area contributed by atoms with Gasteiger partial charge in [0.25, 0.3) is 6.43 Å². The molecule has 0 saturated heterocycles. The lowest BCUT2D eigenvalue weighted by Gasteiger charge is -2.61. The van der Waals surface area contributed by atoms with Crippen LogP contribution < -0.4 is 5.73 Å². The molecule has 2 aliphatic carbocycles. The molecule has 1 aromatic rings. The Bertz CT molecular complexity index is 552. The van der Waals surface area contributed by atoms with Crippen LogP contribution in [0, 0.1) is 17.3 Å². The van der Waals surface area contributed by atoms with E-state index >= 15 is 0 Å². The topological polar surface area (TPSA) is 81.1 Å². The van der Waals surface area contributed by atoms with Gasteiger partial charge in [0.2, 0.25) is 0 Å². The number of aliphatic carboxylic acids is 1. The van der Waals surface area contributed by atoms with Crippen LogP contribution in [0.4, 0.5) is 14.5 Å². The minimum atomic E-state index is -2.66. The Balaban J connectivity index is 1.67. The maximum atomic E-state index is 12.6. The number of anilines is 1. The second kappa shape index (κ2) is 4.17. The van der Waals surface area contributed by atoms with Crippen molar-refractivity contribution in [1.29, 1.82) is 0 Å². The molecule has 1 spiro atoms. The van der Waals surface area contributed by atoms with Crippen molar-refractivity contribution in [3.63, 3.8) is 0 Å². The number of nitrogens with two attached hydrogens (primary N) is 1. The Morgan fingerprint density at radius 2 is 2.20 bits per heavy atom. The van der Waals surface area contributed by atoms with Gasteiger partial charge in [-0.15, -0.1) is 0 Å². The Morgan fingerprint density at radius 3 is 2.65 bits per heavy atom. The number of halogens is 2. The van der Waals surface area contributed by atoms with Gasteiger partial charge in [0.1, 0.15) is 0 Å². The van der Waals surface area contributed by atoms with Gasteiger partial charge in [-0.2, -0.15) is 5.10 Å². The van der Waals surface area contributed by atoms with Gasteiger partial charge in [-0.05, 0) is 30.6 Å². The number of hydrogen-bond donors (Lipinski definition) is 2. The second-order valence-electron chi connectivity index (χ2n) is 6.11. The highest BCUT2D eigenvalue weighted by Gasteiger charge is 2.60. The van der Waals surface area contributed by atoms with Gasteiger partial charge >= 0.3 is 5.97 Å². The first-order valence-electron chi connectivity index (χ1n) is 6.69. The van der Waals surface area contributed by atoms with E-state index < -0.39 is 12.4 Å². The highest BCUT2D eigenvalue weighted by atomic mass is 19.3. The lowest BCUT2D eigenvalue weighted by molar-refractivity contribution is -0.173. The summed E-state index contributed by atoms with van der Waals surface area (Å²) in [5, 5.41) is 12.9. The number of alkyl halides is 2. The van der Waals surface area contributed by atoms with E-state index in [1.807, 2.05) is 6.92 Å². The van der Waals surface area contributed by atoms with Crippen molar-refractivity contribution in [2.45, 2.75) is 38.7 Å². The van der Waals surface area contributed by atoms with Crippen molar-refractivity contribution in [2.24, 2.45) is 17.3 Å². The van der Waals surface area contributed by atoms with Crippen LogP contribution in [0.25, 0.3) is 0 Å². The average Bonchev–Trinajstić information content (AvgIpc) is 2.67. The molecule has 3 rings (SSSR count). The first-order chi connectivity index (χ1) is 9.34. The molecule has 2 atom stereocenters. The van der Waals surface area contributed by atoms with E-state index in [4.69, 9.17) is 10.8 Å². The van der Waals surface area contributed by atoms with Crippen molar-refractivity contribution in [3.05, 3.63) is 11.9 Å². The standard InChI is InChI=1S/C13H17F2N3O2/c1-6-8(12(19)20)4-13(6)2-7(3-13)18-5-9(16)10(17-18)11(14)15/h5-8,11H,2-4,16H2,1H3,(H,19,20). The Morgan fingerprint density at radius 1 is 1.55 bits per heavy atom. The van der Waals surface area contributed by atoms with Crippen LogP contribution >= 0.6 is 0 Å². The highest BCUT2D eigenvalue weighted by Crippen LogP contribution is 2.65. The van der Waals surface area contributed by atoms with Gasteiger partial charge in [-0.25, -0.2) is 8.78 Å². The molecule has 0 radical (unpaired) electrons. The fourth-order valence-electron chi connectivity index (χ4n) is 3.75. The summed E-state index contributed by atoms with van der Waals surface area (Å²) in [5.41, 5.74) is 5.23. The highest BCUT2D eigenvalue weighted by molar-refractivity contribution is 5.72. The Kier molecular flexibility index (Phi) is 2.78. The smallest absolute Gasteiger partial charge is 0.306 e. The van der Waals surface area contributed by atoms with Gasteiger partial charge in [-0.1, -0.05) is 6.92 Å². The molecule has 2 fully saturated rings. The molecule has 110 valence electrons. The summed E-state index contributed by atoms with van der Waals surface area (Å²) in [6.45, 7) is 1.96. The Labute approximate surface area is 114 Å². The summed E-state index contributed by atoms with van der Waals surface area (Å²) in [4.78, 5) is 11.0. The largest absolute Gasteiger partial charge is 0.481 e. The van der Waals surface area contributed by atoms with Crippen LogP contribution in [-0.4, -0.2) is 20.9 Å². The van der Waals surface area contributed by atoms with Crippen LogP contribution in [0.3, 0.4) is 0 Å². The number of carboxylic acid groups (broad SMARTS) is 1. The predicted octanol–water partition coefficient (Wildman–Crippen LogP) is 2.46. The van der Waals surface area contributed by atoms with Gasteiger partial charge in [-0.3, -0.25) is 9.48 Å². The van der Waals surface area contributed by atoms with Crippen molar-refractivity contribution < 1.29 is 18.7 Å². The zero-order valence-electron chi connectivity index (χ0n) is 11.1. The van der Waals surface area contributed by atoms with E-state index in [1.54, 1.807) is 0 Å². The maximum absolute atomic E-state index is 12.6. The molecule has 2 aliphatic rings. The predicted molar refractivity (Wildman–Crippen MR) is 67.2 cm³/mol. The summed E-state index contributed by atoms with van der Waals surface area (Å²) in [6, 6.07) is 0.0574. The van der Waals surface area contributed by atoms with Gasteiger partial charge < -0.3 is 10.8 Å². The molecule has 5 nitrogen and oxygen atoms in total. The molecule has 2 saturated carbocycles. The van der Waals surface area contributed by atoms with Gasteiger partial charge in [0.15, 0.2) is 5.69 Å². The second-order valence-corrected chi connectivity index (χ2v) is 6.11. The summed E-state index contributed by atoms with van der Waals surface area (Å²) >= 11 is 0. The van der Waals surface area contributed by atoms with Crippen molar-refractivity contribution in [1.82, 2.24) is 9.78 Å². The third kappa shape index (κ3) is 1.72. The summed E-state index contributed by atoms with van der Waals surface area (Å²) < 4.78 is 26.8. The minimum Gasteiger partial charge on any atom is -0.481 e. The number of aromatic nitrogens is 2. The number of carboxylic acids is 1. The van der Waals surface area contributed by atoms with Crippen LogP contribution in [0.2, 0.25) is 0 Å². The first kappa shape index (κ1) is 13.3. The molecule has 0 bridgehead atoms. The molecule has 7 heteroatoms. The molecule has 0 aromatic carbocycles. The van der Waals surface area contributed by atoms with E-state index in [1.165, 1.54) is 10.9 Å². The number of hydrogen-bond acceptors (Lipinski definition) is 3. The summed E-state index contributed by atoms with van der Waals surface area (Å²) in [5.74, 6) is -0.871. The molecular formula is C13H17F2N3O2. The summed E-state index contributed by atoms with van der Waals surface area (Å²) in [7, 11) is 0. The molecule has 0 aliphatic heterocycles. The van der Waals surface area contributed by atoms with Crippen LogP contribution in [0.1, 0.15) is 44.3 Å². The number of nitrogen functional groups attached to an aromatic ring is 1. The van der Waals surface area contributed by atoms with E-state index in [0.717, 1.165) is 12.8 Å². The summed E-state index contributed by atoms with van der Waals surface area (Å²) in [6.07, 6.45) is 1.06. The first-order valence-corrected chi connectivity index (χ1v) is 6.69.